The first-order chi connectivity index (χ1) is 10.2. The van der Waals surface area contributed by atoms with Crippen molar-refractivity contribution in [3.63, 3.8) is 0 Å². The van der Waals surface area contributed by atoms with Gasteiger partial charge in [0.2, 0.25) is 0 Å². The maximum atomic E-state index is 12.3. The van der Waals surface area contributed by atoms with Crippen molar-refractivity contribution < 1.29 is 14.6 Å². The van der Waals surface area contributed by atoms with Gasteiger partial charge in [0.15, 0.2) is 5.75 Å². The van der Waals surface area contributed by atoms with Gasteiger partial charge in [0.05, 0.1) is 24.5 Å². The van der Waals surface area contributed by atoms with E-state index in [1.54, 1.807) is 42.5 Å². The summed E-state index contributed by atoms with van der Waals surface area (Å²) in [5, 5.41) is 11.8. The molecule has 0 spiro atoms. The van der Waals surface area contributed by atoms with E-state index >= 15 is 0 Å². The van der Waals surface area contributed by atoms with Gasteiger partial charge in [-0.2, -0.15) is 0 Å². The Labute approximate surface area is 123 Å². The number of amides is 1. The van der Waals surface area contributed by atoms with Crippen LogP contribution in [0, 0.1) is 0 Å². The lowest BCUT2D eigenvalue weighted by Crippen LogP contribution is -2.14. The number of carbonyl (C=O) groups excluding carboxylic acids is 1. The van der Waals surface area contributed by atoms with Gasteiger partial charge in [-0.1, -0.05) is 18.2 Å². The fraction of sp³-hybridized carbons (Fsp3) is 0.188. The minimum atomic E-state index is -0.289. The van der Waals surface area contributed by atoms with E-state index in [0.29, 0.717) is 29.3 Å². The Morgan fingerprint density at radius 2 is 1.95 bits per heavy atom. The Kier molecular flexibility index (Phi) is 4.79. The minimum absolute atomic E-state index is 0.0298. The second-order valence-electron chi connectivity index (χ2n) is 4.47. The zero-order chi connectivity index (χ0) is 15.2. The quantitative estimate of drug-likeness (QED) is 0.737. The second-order valence-corrected chi connectivity index (χ2v) is 4.47. The summed E-state index contributed by atoms with van der Waals surface area (Å²) in [4.78, 5) is 12.3. The van der Waals surface area contributed by atoms with Crippen LogP contribution in [0.25, 0.3) is 0 Å². The van der Waals surface area contributed by atoms with Crippen molar-refractivity contribution >= 4 is 17.3 Å². The number of carbonyl (C=O) groups is 1. The molecule has 0 heterocycles. The Bertz CT molecular complexity index is 624. The Morgan fingerprint density at radius 1 is 1.24 bits per heavy atom. The summed E-state index contributed by atoms with van der Waals surface area (Å²) in [7, 11) is 0. The van der Waals surface area contributed by atoms with E-state index in [1.165, 1.54) is 0 Å². The molecule has 4 N–H and O–H groups in total. The van der Waals surface area contributed by atoms with Crippen molar-refractivity contribution in [1.29, 1.82) is 0 Å². The number of hydrogen-bond acceptors (Lipinski definition) is 4. The molecule has 2 aromatic rings. The largest absolute Gasteiger partial charge is 0.491 e. The summed E-state index contributed by atoms with van der Waals surface area (Å²) in [6.07, 6.45) is 0. The lowest BCUT2D eigenvalue weighted by molar-refractivity contribution is 0.102. The number of para-hydroxylation sites is 1. The van der Waals surface area contributed by atoms with Crippen molar-refractivity contribution in [3.05, 3.63) is 53.6 Å². The van der Waals surface area contributed by atoms with Gasteiger partial charge in [0, 0.05) is 5.69 Å². The highest BCUT2D eigenvalue weighted by molar-refractivity contribution is 6.07. The molecule has 2 aromatic carbocycles. The van der Waals surface area contributed by atoms with Gasteiger partial charge in [0.25, 0.3) is 5.91 Å². The van der Waals surface area contributed by atoms with E-state index in [2.05, 4.69) is 5.32 Å². The van der Waals surface area contributed by atoms with Gasteiger partial charge in [-0.05, 0) is 36.8 Å². The number of benzene rings is 2. The summed E-state index contributed by atoms with van der Waals surface area (Å²) in [5.41, 5.74) is 8.09. The van der Waals surface area contributed by atoms with Crippen LogP contribution in [0.3, 0.4) is 0 Å². The molecule has 0 bridgehead atoms. The minimum Gasteiger partial charge on any atom is -0.491 e. The molecule has 0 aliphatic heterocycles. The van der Waals surface area contributed by atoms with Crippen molar-refractivity contribution in [1.82, 2.24) is 0 Å². The monoisotopic (exact) mass is 286 g/mol. The molecule has 0 aromatic heterocycles. The number of aliphatic hydroxyl groups is 1. The van der Waals surface area contributed by atoms with Crippen LogP contribution in [-0.4, -0.2) is 17.6 Å². The molecular formula is C16H18N2O3. The first-order valence-electron chi connectivity index (χ1n) is 6.68. The van der Waals surface area contributed by atoms with E-state index < -0.39 is 0 Å². The molecule has 5 heteroatoms. The predicted octanol–water partition coefficient (Wildman–Crippen LogP) is 2.41. The average molecular weight is 286 g/mol. The van der Waals surface area contributed by atoms with Crippen molar-refractivity contribution in [2.24, 2.45) is 0 Å². The van der Waals surface area contributed by atoms with Crippen LogP contribution in [-0.2, 0) is 6.61 Å². The Balaban J connectivity index is 2.21. The summed E-state index contributed by atoms with van der Waals surface area (Å²) in [6.45, 7) is 2.24. The van der Waals surface area contributed by atoms with Gasteiger partial charge in [-0.15, -0.1) is 0 Å². The van der Waals surface area contributed by atoms with Gasteiger partial charge < -0.3 is 20.9 Å². The van der Waals surface area contributed by atoms with Crippen LogP contribution in [0.2, 0.25) is 0 Å². The number of aliphatic hydroxyl groups excluding tert-OH is 1. The lowest BCUT2D eigenvalue weighted by Gasteiger charge is -2.12. The molecule has 0 radical (unpaired) electrons. The highest BCUT2D eigenvalue weighted by Gasteiger charge is 2.15. The van der Waals surface area contributed by atoms with E-state index in [-0.39, 0.29) is 12.5 Å². The molecule has 0 aliphatic carbocycles. The van der Waals surface area contributed by atoms with E-state index in [9.17, 15) is 4.79 Å². The van der Waals surface area contributed by atoms with Crippen molar-refractivity contribution in [3.8, 4) is 5.75 Å². The molecule has 5 nitrogen and oxygen atoms in total. The molecule has 1 amide bonds. The zero-order valence-corrected chi connectivity index (χ0v) is 11.8. The number of nitrogens with one attached hydrogen (secondary N) is 1. The maximum Gasteiger partial charge on any atom is 0.259 e. The molecule has 2 rings (SSSR count). The molecule has 0 unspecified atom stereocenters. The number of rotatable bonds is 5. The number of nitrogen functional groups attached to an aromatic ring is 1. The highest BCUT2D eigenvalue weighted by atomic mass is 16.5. The molecule has 0 atom stereocenters. The standard InChI is InChI=1S/C16H18N2O3/c1-2-21-15-13(4-3-5-14(15)17)16(20)18-12-8-6-11(10-19)7-9-12/h3-9,19H,2,10,17H2,1H3,(H,18,20). The van der Waals surface area contributed by atoms with Crippen LogP contribution >= 0.6 is 0 Å². The van der Waals surface area contributed by atoms with Crippen LogP contribution in [0.4, 0.5) is 11.4 Å². The summed E-state index contributed by atoms with van der Waals surface area (Å²) >= 11 is 0. The van der Waals surface area contributed by atoms with Crippen molar-refractivity contribution in [2.45, 2.75) is 13.5 Å². The maximum absolute atomic E-state index is 12.3. The van der Waals surface area contributed by atoms with E-state index in [0.717, 1.165) is 5.56 Å². The number of ether oxygens (including phenoxy) is 1. The lowest BCUT2D eigenvalue weighted by atomic mass is 10.1. The van der Waals surface area contributed by atoms with Gasteiger partial charge in [-0.25, -0.2) is 0 Å². The Morgan fingerprint density at radius 3 is 2.57 bits per heavy atom. The van der Waals surface area contributed by atoms with Crippen LogP contribution < -0.4 is 15.8 Å². The molecule has 0 saturated carbocycles. The summed E-state index contributed by atoms with van der Waals surface area (Å²) in [5.74, 6) is 0.104. The number of hydrogen-bond donors (Lipinski definition) is 3. The molecule has 0 saturated heterocycles. The van der Waals surface area contributed by atoms with Gasteiger partial charge in [0.1, 0.15) is 0 Å². The highest BCUT2D eigenvalue weighted by Crippen LogP contribution is 2.27. The first kappa shape index (κ1) is 14.9. The normalized spacial score (nSPS) is 10.2. The molecular weight excluding hydrogens is 268 g/mol. The van der Waals surface area contributed by atoms with Crippen LogP contribution in [0.1, 0.15) is 22.8 Å². The smallest absolute Gasteiger partial charge is 0.259 e. The SMILES string of the molecule is CCOc1c(N)cccc1C(=O)Nc1ccc(CO)cc1. The number of nitrogens with two attached hydrogens (primary N) is 1. The number of anilines is 2. The first-order valence-corrected chi connectivity index (χ1v) is 6.68. The third-order valence-corrected chi connectivity index (χ3v) is 2.97. The Hall–Kier alpha value is -2.53. The molecule has 0 aliphatic rings. The van der Waals surface area contributed by atoms with Gasteiger partial charge in [-0.3, -0.25) is 4.79 Å². The van der Waals surface area contributed by atoms with Gasteiger partial charge >= 0.3 is 0 Å². The average Bonchev–Trinajstić information content (AvgIpc) is 2.50. The third-order valence-electron chi connectivity index (χ3n) is 2.97. The van der Waals surface area contributed by atoms with Crippen molar-refractivity contribution in [2.75, 3.05) is 17.7 Å². The second kappa shape index (κ2) is 6.76. The third kappa shape index (κ3) is 3.52. The topological polar surface area (TPSA) is 84.6 Å². The van der Waals surface area contributed by atoms with E-state index in [4.69, 9.17) is 15.6 Å². The fourth-order valence-corrected chi connectivity index (χ4v) is 1.93. The summed E-state index contributed by atoms with van der Waals surface area (Å²) in [6, 6.07) is 12.0. The summed E-state index contributed by atoms with van der Waals surface area (Å²) < 4.78 is 5.44. The van der Waals surface area contributed by atoms with Crippen LogP contribution in [0.15, 0.2) is 42.5 Å². The molecule has 110 valence electrons. The van der Waals surface area contributed by atoms with Crippen LogP contribution in [0.5, 0.6) is 5.75 Å². The van der Waals surface area contributed by atoms with E-state index in [1.807, 2.05) is 6.92 Å². The molecule has 0 fully saturated rings. The fourth-order valence-electron chi connectivity index (χ4n) is 1.93. The molecule has 21 heavy (non-hydrogen) atoms. The predicted molar refractivity (Wildman–Crippen MR) is 82.3 cm³/mol. The zero-order valence-electron chi connectivity index (χ0n) is 11.8.